The molecule has 1 N–H and O–H groups in total. The quantitative estimate of drug-likeness (QED) is 0.784. The van der Waals surface area contributed by atoms with Gasteiger partial charge in [0.2, 0.25) is 0 Å². The van der Waals surface area contributed by atoms with Crippen molar-refractivity contribution in [2.24, 2.45) is 0 Å². The lowest BCUT2D eigenvalue weighted by Crippen LogP contribution is -2.29. The van der Waals surface area contributed by atoms with Crippen molar-refractivity contribution in [1.29, 1.82) is 0 Å². The second-order valence-electron chi connectivity index (χ2n) is 5.69. The number of carbonyl (C=O) groups is 1. The summed E-state index contributed by atoms with van der Waals surface area (Å²) in [6.45, 7) is 2.07. The predicted molar refractivity (Wildman–Crippen MR) is 92.2 cm³/mol. The maximum Gasteiger partial charge on any atom is 0.311 e. The number of rotatable bonds is 5. The molecule has 24 heavy (non-hydrogen) atoms. The monoisotopic (exact) mass is 322 g/mol. The molecule has 0 aliphatic rings. The van der Waals surface area contributed by atoms with E-state index < -0.39 is 11.9 Å². The van der Waals surface area contributed by atoms with Gasteiger partial charge < -0.3 is 5.11 Å². The van der Waals surface area contributed by atoms with Gasteiger partial charge in [0.1, 0.15) is 0 Å². The Kier molecular flexibility index (Phi) is 4.42. The van der Waals surface area contributed by atoms with Crippen LogP contribution in [0, 0.1) is 0 Å². The minimum absolute atomic E-state index is 0.278. The number of hydrogen-bond donors (Lipinski definition) is 1. The summed E-state index contributed by atoms with van der Waals surface area (Å²) < 4.78 is 1.34. The third-order valence-corrected chi connectivity index (χ3v) is 4.22. The summed E-state index contributed by atoms with van der Waals surface area (Å²) in [4.78, 5) is 24.0. The number of benzene rings is 2. The Hall–Kier alpha value is -2.95. The fraction of sp³-hybridized carbons (Fsp3) is 0.211. The molecule has 0 fully saturated rings. The average molecular weight is 322 g/mol. The molecule has 1 unspecified atom stereocenters. The van der Waals surface area contributed by atoms with Crippen LogP contribution in [0.4, 0.5) is 0 Å². The Balaban J connectivity index is 2.05. The number of aromatic nitrogens is 2. The van der Waals surface area contributed by atoms with Crippen LogP contribution in [0.3, 0.4) is 0 Å². The number of nitrogens with zero attached hydrogens (tertiary/aromatic N) is 2. The second kappa shape index (κ2) is 6.66. The van der Waals surface area contributed by atoms with Gasteiger partial charge in [-0.1, -0.05) is 49.4 Å². The Morgan fingerprint density at radius 1 is 1.17 bits per heavy atom. The molecule has 0 saturated heterocycles. The van der Waals surface area contributed by atoms with Crippen LogP contribution in [-0.4, -0.2) is 20.9 Å². The van der Waals surface area contributed by atoms with Crippen LogP contribution < -0.4 is 5.56 Å². The zero-order chi connectivity index (χ0) is 17.1. The SMILES string of the molecule is CCC(C(=O)O)c1ccnn(Cc2cccc3ccccc23)c1=O. The van der Waals surface area contributed by atoms with Gasteiger partial charge >= 0.3 is 5.97 Å². The number of hydrogen-bond acceptors (Lipinski definition) is 3. The van der Waals surface area contributed by atoms with Gasteiger partial charge in [-0.2, -0.15) is 5.10 Å². The lowest BCUT2D eigenvalue weighted by Gasteiger charge is -2.12. The fourth-order valence-electron chi connectivity index (χ4n) is 2.96. The third-order valence-electron chi connectivity index (χ3n) is 4.22. The van der Waals surface area contributed by atoms with Crippen molar-refractivity contribution in [3.63, 3.8) is 0 Å². The van der Waals surface area contributed by atoms with Crippen molar-refractivity contribution in [1.82, 2.24) is 9.78 Å². The first-order valence-electron chi connectivity index (χ1n) is 7.87. The zero-order valence-corrected chi connectivity index (χ0v) is 13.3. The molecule has 2 aromatic carbocycles. The Morgan fingerprint density at radius 3 is 2.67 bits per heavy atom. The van der Waals surface area contributed by atoms with E-state index in [4.69, 9.17) is 0 Å². The molecule has 1 heterocycles. The van der Waals surface area contributed by atoms with Crippen LogP contribution in [0.1, 0.15) is 30.4 Å². The van der Waals surface area contributed by atoms with Crippen molar-refractivity contribution in [3.8, 4) is 0 Å². The third kappa shape index (κ3) is 2.93. The minimum Gasteiger partial charge on any atom is -0.481 e. The lowest BCUT2D eigenvalue weighted by atomic mass is 9.98. The molecular formula is C19H18N2O3. The molecule has 5 nitrogen and oxygen atoms in total. The van der Waals surface area contributed by atoms with E-state index in [1.807, 2.05) is 42.5 Å². The van der Waals surface area contributed by atoms with Gasteiger partial charge in [-0.05, 0) is 28.8 Å². The van der Waals surface area contributed by atoms with Crippen LogP contribution in [0.25, 0.3) is 10.8 Å². The molecule has 0 saturated carbocycles. The molecule has 0 aliphatic carbocycles. The summed E-state index contributed by atoms with van der Waals surface area (Å²) in [6.07, 6.45) is 1.86. The van der Waals surface area contributed by atoms with Crippen LogP contribution in [0.5, 0.6) is 0 Å². The maximum absolute atomic E-state index is 12.7. The van der Waals surface area contributed by atoms with Crippen molar-refractivity contribution in [2.75, 3.05) is 0 Å². The molecule has 3 aromatic rings. The highest BCUT2D eigenvalue weighted by molar-refractivity contribution is 5.85. The van der Waals surface area contributed by atoms with Crippen molar-refractivity contribution >= 4 is 16.7 Å². The lowest BCUT2D eigenvalue weighted by molar-refractivity contribution is -0.138. The maximum atomic E-state index is 12.7. The summed E-state index contributed by atoms with van der Waals surface area (Å²) in [7, 11) is 0. The van der Waals surface area contributed by atoms with E-state index in [2.05, 4.69) is 5.10 Å². The Morgan fingerprint density at radius 2 is 1.92 bits per heavy atom. The summed E-state index contributed by atoms with van der Waals surface area (Å²) in [5.74, 6) is -1.79. The van der Waals surface area contributed by atoms with Gasteiger partial charge in [-0.25, -0.2) is 4.68 Å². The molecule has 0 aliphatic heterocycles. The van der Waals surface area contributed by atoms with Gasteiger partial charge in [0.05, 0.1) is 12.5 Å². The minimum atomic E-state index is -0.988. The summed E-state index contributed by atoms with van der Waals surface area (Å²) in [5, 5.41) is 15.6. The topological polar surface area (TPSA) is 72.2 Å². The molecule has 1 atom stereocenters. The van der Waals surface area contributed by atoms with E-state index in [1.54, 1.807) is 6.92 Å². The smallest absolute Gasteiger partial charge is 0.311 e. The van der Waals surface area contributed by atoms with Crippen LogP contribution in [0.2, 0.25) is 0 Å². The molecule has 0 amide bonds. The van der Waals surface area contributed by atoms with Gasteiger partial charge in [-0.15, -0.1) is 0 Å². The predicted octanol–water partition coefficient (Wildman–Crippen LogP) is 3.02. The number of aliphatic carboxylic acids is 1. The van der Waals surface area contributed by atoms with Gasteiger partial charge in [0.25, 0.3) is 5.56 Å². The van der Waals surface area contributed by atoms with Crippen LogP contribution in [-0.2, 0) is 11.3 Å². The molecule has 0 bridgehead atoms. The molecule has 1 aromatic heterocycles. The van der Waals surface area contributed by atoms with E-state index in [0.29, 0.717) is 13.0 Å². The first-order chi connectivity index (χ1) is 11.6. The highest BCUT2D eigenvalue weighted by atomic mass is 16.4. The van der Waals surface area contributed by atoms with Crippen LogP contribution in [0.15, 0.2) is 59.5 Å². The van der Waals surface area contributed by atoms with Crippen molar-refractivity contribution < 1.29 is 9.90 Å². The largest absolute Gasteiger partial charge is 0.481 e. The van der Waals surface area contributed by atoms with Crippen LogP contribution >= 0.6 is 0 Å². The van der Waals surface area contributed by atoms with E-state index >= 15 is 0 Å². The summed E-state index contributed by atoms with van der Waals surface area (Å²) in [5.41, 5.74) is 0.906. The first-order valence-corrected chi connectivity index (χ1v) is 7.87. The fourth-order valence-corrected chi connectivity index (χ4v) is 2.96. The zero-order valence-electron chi connectivity index (χ0n) is 13.3. The van der Waals surface area contributed by atoms with Gasteiger partial charge in [0, 0.05) is 11.8 Å². The summed E-state index contributed by atoms with van der Waals surface area (Å²) in [6, 6.07) is 15.4. The Labute approximate surface area is 139 Å². The summed E-state index contributed by atoms with van der Waals surface area (Å²) >= 11 is 0. The van der Waals surface area contributed by atoms with E-state index in [0.717, 1.165) is 16.3 Å². The van der Waals surface area contributed by atoms with Crippen molar-refractivity contribution in [2.45, 2.75) is 25.8 Å². The van der Waals surface area contributed by atoms with Gasteiger partial charge in [-0.3, -0.25) is 9.59 Å². The van der Waals surface area contributed by atoms with Crippen molar-refractivity contribution in [3.05, 3.63) is 76.2 Å². The Bertz CT molecular complexity index is 941. The molecular weight excluding hydrogens is 304 g/mol. The first kappa shape index (κ1) is 15.9. The molecule has 0 spiro atoms. The second-order valence-corrected chi connectivity index (χ2v) is 5.69. The van der Waals surface area contributed by atoms with E-state index in [9.17, 15) is 14.7 Å². The normalized spacial score (nSPS) is 12.2. The molecule has 3 rings (SSSR count). The highest BCUT2D eigenvalue weighted by Gasteiger charge is 2.21. The standard InChI is InChI=1S/C19H18N2O3/c1-2-15(19(23)24)17-10-11-20-21(18(17)22)12-14-8-5-7-13-6-3-4-9-16(13)14/h3-11,15H,2,12H2,1H3,(H,23,24). The number of carboxylic acid groups (broad SMARTS) is 1. The highest BCUT2D eigenvalue weighted by Crippen LogP contribution is 2.19. The number of carboxylic acids is 1. The molecule has 0 radical (unpaired) electrons. The molecule has 122 valence electrons. The average Bonchev–Trinajstić information content (AvgIpc) is 2.59. The number of fused-ring (bicyclic) bond motifs is 1. The van der Waals surface area contributed by atoms with E-state index in [1.165, 1.54) is 16.9 Å². The molecule has 5 heteroatoms. The van der Waals surface area contributed by atoms with Gasteiger partial charge in [0.15, 0.2) is 0 Å². The van der Waals surface area contributed by atoms with E-state index in [-0.39, 0.29) is 11.1 Å².